The minimum Gasteiger partial charge on any atom is -0.497 e. The molecule has 0 saturated carbocycles. The number of carbonyl (C=O) groups excluding carboxylic acids is 1. The number of benzene rings is 1. The molecule has 0 bridgehead atoms. The number of nitrogens with zero attached hydrogens (tertiary/aromatic N) is 3. The first kappa shape index (κ1) is 16.5. The van der Waals surface area contributed by atoms with E-state index in [9.17, 15) is 4.79 Å². The normalized spacial score (nSPS) is 15.5. The minimum absolute atomic E-state index is 0.330. The van der Waals surface area contributed by atoms with Crippen LogP contribution in [-0.4, -0.2) is 62.8 Å². The summed E-state index contributed by atoms with van der Waals surface area (Å²) in [7, 11) is 3.75. The van der Waals surface area contributed by atoms with Crippen LogP contribution in [0.15, 0.2) is 24.4 Å². The molecule has 1 saturated heterocycles. The molecule has 1 aromatic heterocycles. The summed E-state index contributed by atoms with van der Waals surface area (Å²) >= 11 is 0. The van der Waals surface area contributed by atoms with Crippen molar-refractivity contribution >= 4 is 22.6 Å². The Balaban J connectivity index is 2.15. The number of rotatable bonds is 4. The molecule has 0 spiro atoms. The van der Waals surface area contributed by atoms with Crippen molar-refractivity contribution in [3.8, 4) is 5.75 Å². The van der Waals surface area contributed by atoms with Crippen molar-refractivity contribution in [2.24, 2.45) is 0 Å². The Morgan fingerprint density at radius 3 is 2.67 bits per heavy atom. The SMILES string of the molecule is CCOC(=O)c1cnc2ccc(OC)cc2c1N1CCN(C)CC1. The van der Waals surface area contributed by atoms with Crippen LogP contribution in [0.4, 0.5) is 5.69 Å². The largest absolute Gasteiger partial charge is 0.497 e. The number of hydrogen-bond acceptors (Lipinski definition) is 6. The number of hydrogen-bond donors (Lipinski definition) is 0. The summed E-state index contributed by atoms with van der Waals surface area (Å²) in [4.78, 5) is 21.4. The average Bonchev–Trinajstić information content (AvgIpc) is 2.61. The van der Waals surface area contributed by atoms with Gasteiger partial charge in [-0.25, -0.2) is 4.79 Å². The van der Waals surface area contributed by atoms with Gasteiger partial charge in [-0.15, -0.1) is 0 Å². The quantitative estimate of drug-likeness (QED) is 0.802. The van der Waals surface area contributed by atoms with E-state index in [0.717, 1.165) is 48.5 Å². The summed E-state index contributed by atoms with van der Waals surface area (Å²) in [5.74, 6) is 0.421. The van der Waals surface area contributed by atoms with E-state index in [1.807, 2.05) is 25.1 Å². The monoisotopic (exact) mass is 329 g/mol. The van der Waals surface area contributed by atoms with Crippen molar-refractivity contribution in [1.29, 1.82) is 0 Å². The Bertz CT molecular complexity index is 740. The molecule has 2 aromatic rings. The predicted molar refractivity (Wildman–Crippen MR) is 94.0 cm³/mol. The lowest BCUT2D eigenvalue weighted by Gasteiger charge is -2.35. The number of carbonyl (C=O) groups is 1. The van der Waals surface area contributed by atoms with Gasteiger partial charge in [-0.05, 0) is 32.2 Å². The maximum atomic E-state index is 12.4. The summed E-state index contributed by atoms with van der Waals surface area (Å²) in [5, 5.41) is 0.921. The van der Waals surface area contributed by atoms with Crippen molar-refractivity contribution in [2.75, 3.05) is 51.8 Å². The highest BCUT2D eigenvalue weighted by atomic mass is 16.5. The van der Waals surface area contributed by atoms with Crippen LogP contribution in [0.2, 0.25) is 0 Å². The standard InChI is InChI=1S/C18H23N3O3/c1-4-24-18(22)15-12-19-16-6-5-13(23-3)11-14(16)17(15)21-9-7-20(2)8-10-21/h5-6,11-12H,4,7-10H2,1-3H3. The number of ether oxygens (including phenoxy) is 2. The van der Waals surface area contributed by atoms with Crippen LogP contribution in [0.25, 0.3) is 10.9 Å². The highest BCUT2D eigenvalue weighted by molar-refractivity contribution is 6.05. The molecule has 3 rings (SSSR count). The lowest BCUT2D eigenvalue weighted by molar-refractivity contribution is 0.0526. The Labute approximate surface area is 142 Å². The Kier molecular flexibility index (Phi) is 4.85. The highest BCUT2D eigenvalue weighted by Crippen LogP contribution is 2.33. The maximum Gasteiger partial charge on any atom is 0.341 e. The van der Waals surface area contributed by atoms with Gasteiger partial charge in [0.1, 0.15) is 11.3 Å². The van der Waals surface area contributed by atoms with E-state index in [2.05, 4.69) is 21.8 Å². The Morgan fingerprint density at radius 1 is 1.25 bits per heavy atom. The number of likely N-dealkylation sites (N-methyl/N-ethyl adjacent to an activating group) is 1. The molecule has 2 heterocycles. The van der Waals surface area contributed by atoms with E-state index in [1.165, 1.54) is 0 Å². The first-order valence-corrected chi connectivity index (χ1v) is 8.21. The second-order valence-corrected chi connectivity index (χ2v) is 5.91. The molecule has 6 heteroatoms. The molecule has 6 nitrogen and oxygen atoms in total. The zero-order valence-corrected chi connectivity index (χ0v) is 14.4. The van der Waals surface area contributed by atoms with E-state index in [4.69, 9.17) is 9.47 Å². The van der Waals surface area contributed by atoms with Crippen LogP contribution in [0.3, 0.4) is 0 Å². The molecule has 1 aliphatic rings. The van der Waals surface area contributed by atoms with E-state index in [1.54, 1.807) is 13.3 Å². The fraction of sp³-hybridized carbons (Fsp3) is 0.444. The van der Waals surface area contributed by atoms with Gasteiger partial charge in [-0.1, -0.05) is 0 Å². The third-order valence-electron chi connectivity index (χ3n) is 4.36. The second-order valence-electron chi connectivity index (χ2n) is 5.91. The number of pyridine rings is 1. The van der Waals surface area contributed by atoms with E-state index in [0.29, 0.717) is 12.2 Å². The summed E-state index contributed by atoms with van der Waals surface area (Å²) in [6.45, 7) is 5.78. The fourth-order valence-electron chi connectivity index (χ4n) is 3.01. The molecule has 0 aliphatic carbocycles. The molecule has 128 valence electrons. The minimum atomic E-state index is -0.330. The topological polar surface area (TPSA) is 54.9 Å². The van der Waals surface area contributed by atoms with Crippen LogP contribution >= 0.6 is 0 Å². The van der Waals surface area contributed by atoms with Crippen molar-refractivity contribution in [2.45, 2.75) is 6.92 Å². The van der Waals surface area contributed by atoms with Crippen molar-refractivity contribution in [3.63, 3.8) is 0 Å². The molecule has 0 N–H and O–H groups in total. The van der Waals surface area contributed by atoms with Gasteiger partial charge < -0.3 is 19.3 Å². The van der Waals surface area contributed by atoms with Crippen molar-refractivity contribution in [1.82, 2.24) is 9.88 Å². The van der Waals surface area contributed by atoms with Gasteiger partial charge >= 0.3 is 5.97 Å². The third-order valence-corrected chi connectivity index (χ3v) is 4.36. The van der Waals surface area contributed by atoms with Crippen molar-refractivity contribution < 1.29 is 14.3 Å². The van der Waals surface area contributed by atoms with Crippen LogP contribution in [0.5, 0.6) is 5.75 Å². The van der Waals surface area contributed by atoms with Crippen molar-refractivity contribution in [3.05, 3.63) is 30.0 Å². The molecule has 0 unspecified atom stereocenters. The highest BCUT2D eigenvalue weighted by Gasteiger charge is 2.24. The Morgan fingerprint density at radius 2 is 2.00 bits per heavy atom. The van der Waals surface area contributed by atoms with Gasteiger partial charge in [0.15, 0.2) is 0 Å². The number of methoxy groups -OCH3 is 1. The first-order valence-electron chi connectivity index (χ1n) is 8.21. The summed E-state index contributed by atoms with van der Waals surface area (Å²) in [5.41, 5.74) is 2.25. The zero-order chi connectivity index (χ0) is 17.1. The van der Waals surface area contributed by atoms with E-state index < -0.39 is 0 Å². The molecule has 1 aliphatic heterocycles. The lowest BCUT2D eigenvalue weighted by atomic mass is 10.1. The van der Waals surface area contributed by atoms with E-state index >= 15 is 0 Å². The number of esters is 1. The summed E-state index contributed by atoms with van der Waals surface area (Å²) in [6, 6.07) is 5.74. The molecule has 24 heavy (non-hydrogen) atoms. The van der Waals surface area contributed by atoms with Crippen LogP contribution in [-0.2, 0) is 4.74 Å². The molecule has 1 aromatic carbocycles. The van der Waals surface area contributed by atoms with Crippen LogP contribution in [0, 0.1) is 0 Å². The lowest BCUT2D eigenvalue weighted by Crippen LogP contribution is -2.45. The molecule has 0 radical (unpaired) electrons. The summed E-state index contributed by atoms with van der Waals surface area (Å²) in [6.07, 6.45) is 1.63. The first-order chi connectivity index (χ1) is 11.6. The third kappa shape index (κ3) is 3.14. The van der Waals surface area contributed by atoms with Gasteiger partial charge in [0, 0.05) is 37.8 Å². The molecular formula is C18H23N3O3. The average molecular weight is 329 g/mol. The van der Waals surface area contributed by atoms with E-state index in [-0.39, 0.29) is 5.97 Å². The van der Waals surface area contributed by atoms with Crippen LogP contribution in [0.1, 0.15) is 17.3 Å². The molecular weight excluding hydrogens is 306 g/mol. The number of piperazine rings is 1. The molecule has 0 amide bonds. The van der Waals surface area contributed by atoms with Gasteiger partial charge in [0.2, 0.25) is 0 Å². The predicted octanol–water partition coefficient (Wildman–Crippen LogP) is 2.17. The zero-order valence-electron chi connectivity index (χ0n) is 14.4. The van der Waals surface area contributed by atoms with Gasteiger partial charge in [-0.3, -0.25) is 4.98 Å². The van der Waals surface area contributed by atoms with Crippen LogP contribution < -0.4 is 9.64 Å². The van der Waals surface area contributed by atoms with Gasteiger partial charge in [-0.2, -0.15) is 0 Å². The smallest absolute Gasteiger partial charge is 0.341 e. The molecule has 1 fully saturated rings. The number of fused-ring (bicyclic) bond motifs is 1. The fourth-order valence-corrected chi connectivity index (χ4v) is 3.01. The number of anilines is 1. The molecule has 0 atom stereocenters. The number of aromatic nitrogens is 1. The summed E-state index contributed by atoms with van der Waals surface area (Å²) < 4.78 is 10.6. The Hall–Kier alpha value is -2.34. The van der Waals surface area contributed by atoms with Gasteiger partial charge in [0.05, 0.1) is 24.9 Å². The second kappa shape index (κ2) is 7.05. The maximum absolute atomic E-state index is 12.4. The van der Waals surface area contributed by atoms with Gasteiger partial charge in [0.25, 0.3) is 0 Å².